The molecular formula is C20H29N3O4. The minimum absolute atomic E-state index is 0.0355. The fraction of sp³-hybridized carbons (Fsp3) is 0.550. The Kier molecular flexibility index (Phi) is 7.79. The van der Waals surface area contributed by atoms with Crippen LogP contribution in [-0.2, 0) is 9.59 Å². The molecule has 1 saturated heterocycles. The molecule has 0 atom stereocenters. The predicted molar refractivity (Wildman–Crippen MR) is 103 cm³/mol. The predicted octanol–water partition coefficient (Wildman–Crippen LogP) is 1.28. The van der Waals surface area contributed by atoms with Crippen LogP contribution in [0.5, 0.6) is 5.75 Å². The molecule has 0 aromatic heterocycles. The van der Waals surface area contributed by atoms with Crippen molar-refractivity contribution in [2.75, 3.05) is 53.9 Å². The molecule has 1 aromatic carbocycles. The number of carbonyl (C=O) groups excluding carboxylic acids is 3. The molecule has 0 N–H and O–H groups in total. The van der Waals surface area contributed by atoms with Crippen molar-refractivity contribution in [2.24, 2.45) is 0 Å². The normalized spacial score (nSPS) is 14.4. The van der Waals surface area contributed by atoms with E-state index in [4.69, 9.17) is 4.74 Å². The van der Waals surface area contributed by atoms with Gasteiger partial charge in [-0.25, -0.2) is 0 Å². The SMILES string of the molecule is COc1cccc(C(=O)CCC(=O)N2CCN(C(=O)CCN(C)C)CC2)c1. The van der Waals surface area contributed by atoms with Crippen LogP contribution in [0.15, 0.2) is 24.3 Å². The van der Waals surface area contributed by atoms with Crippen molar-refractivity contribution in [1.82, 2.24) is 14.7 Å². The minimum atomic E-state index is -0.0697. The number of amides is 2. The summed E-state index contributed by atoms with van der Waals surface area (Å²) in [6, 6.07) is 6.96. The maximum atomic E-state index is 12.4. The molecule has 0 spiro atoms. The van der Waals surface area contributed by atoms with Crippen molar-refractivity contribution in [2.45, 2.75) is 19.3 Å². The molecule has 2 amide bonds. The summed E-state index contributed by atoms with van der Waals surface area (Å²) in [5, 5.41) is 0. The van der Waals surface area contributed by atoms with Crippen molar-refractivity contribution < 1.29 is 19.1 Å². The summed E-state index contributed by atoms with van der Waals surface area (Å²) in [5.41, 5.74) is 0.554. The number of carbonyl (C=O) groups is 3. The number of hydrogen-bond acceptors (Lipinski definition) is 5. The second kappa shape index (κ2) is 10.1. The number of hydrogen-bond donors (Lipinski definition) is 0. The third-order valence-electron chi connectivity index (χ3n) is 4.72. The van der Waals surface area contributed by atoms with E-state index in [2.05, 4.69) is 0 Å². The highest BCUT2D eigenvalue weighted by atomic mass is 16.5. The van der Waals surface area contributed by atoms with Crippen molar-refractivity contribution in [1.29, 1.82) is 0 Å². The third kappa shape index (κ3) is 6.36. The third-order valence-corrected chi connectivity index (χ3v) is 4.72. The van der Waals surface area contributed by atoms with Gasteiger partial charge in [0.25, 0.3) is 0 Å². The zero-order valence-corrected chi connectivity index (χ0v) is 16.4. The number of ether oxygens (including phenoxy) is 1. The summed E-state index contributed by atoms with van der Waals surface area (Å²) in [5.74, 6) is 0.651. The lowest BCUT2D eigenvalue weighted by Gasteiger charge is -2.35. The van der Waals surface area contributed by atoms with E-state index in [1.165, 1.54) is 0 Å². The van der Waals surface area contributed by atoms with Crippen molar-refractivity contribution in [3.05, 3.63) is 29.8 Å². The van der Waals surface area contributed by atoms with Gasteiger partial charge in [0.15, 0.2) is 5.78 Å². The van der Waals surface area contributed by atoms with Gasteiger partial charge in [-0.15, -0.1) is 0 Å². The highest BCUT2D eigenvalue weighted by Crippen LogP contribution is 2.15. The lowest BCUT2D eigenvalue weighted by atomic mass is 10.1. The quantitative estimate of drug-likeness (QED) is 0.640. The second-order valence-electron chi connectivity index (χ2n) is 6.97. The maximum absolute atomic E-state index is 12.4. The average Bonchev–Trinajstić information content (AvgIpc) is 2.70. The van der Waals surface area contributed by atoms with Crippen molar-refractivity contribution >= 4 is 17.6 Å². The van der Waals surface area contributed by atoms with Crippen LogP contribution in [0.2, 0.25) is 0 Å². The molecule has 2 rings (SSSR count). The van der Waals surface area contributed by atoms with E-state index < -0.39 is 0 Å². The van der Waals surface area contributed by atoms with Gasteiger partial charge in [-0.1, -0.05) is 12.1 Å². The molecule has 0 radical (unpaired) electrons. The first-order chi connectivity index (χ1) is 12.9. The topological polar surface area (TPSA) is 70.2 Å². The Morgan fingerprint density at radius 2 is 1.56 bits per heavy atom. The zero-order chi connectivity index (χ0) is 19.8. The smallest absolute Gasteiger partial charge is 0.223 e. The molecule has 0 aliphatic carbocycles. The van der Waals surface area contributed by atoms with Crippen LogP contribution in [0.1, 0.15) is 29.6 Å². The summed E-state index contributed by atoms with van der Waals surface area (Å²) in [4.78, 5) is 42.4. The van der Waals surface area contributed by atoms with Gasteiger partial charge in [-0.2, -0.15) is 0 Å². The molecular weight excluding hydrogens is 346 g/mol. The molecule has 1 heterocycles. The molecule has 1 fully saturated rings. The Balaban J connectivity index is 1.75. The molecule has 0 saturated carbocycles. The van der Waals surface area contributed by atoms with Crippen LogP contribution < -0.4 is 4.74 Å². The van der Waals surface area contributed by atoms with E-state index in [1.807, 2.05) is 23.9 Å². The Morgan fingerprint density at radius 3 is 2.11 bits per heavy atom. The van der Waals surface area contributed by atoms with Crippen LogP contribution in [0, 0.1) is 0 Å². The number of ketones is 1. The Labute approximate surface area is 160 Å². The van der Waals surface area contributed by atoms with Gasteiger partial charge >= 0.3 is 0 Å². The number of Topliss-reactive ketones (excluding diaryl/α,β-unsaturated/α-hetero) is 1. The molecule has 7 nitrogen and oxygen atoms in total. The van der Waals surface area contributed by atoms with Gasteiger partial charge in [0.1, 0.15) is 5.75 Å². The number of nitrogens with zero attached hydrogens (tertiary/aromatic N) is 3. The Hall–Kier alpha value is -2.41. The molecule has 148 valence electrons. The first-order valence-electron chi connectivity index (χ1n) is 9.28. The molecule has 7 heteroatoms. The molecule has 1 aromatic rings. The molecule has 0 bridgehead atoms. The number of rotatable bonds is 8. The number of methoxy groups -OCH3 is 1. The first-order valence-corrected chi connectivity index (χ1v) is 9.28. The van der Waals surface area contributed by atoms with Crippen molar-refractivity contribution in [3.8, 4) is 5.75 Å². The minimum Gasteiger partial charge on any atom is -0.497 e. The average molecular weight is 375 g/mol. The highest BCUT2D eigenvalue weighted by Gasteiger charge is 2.24. The van der Waals surface area contributed by atoms with Crippen LogP contribution in [0.4, 0.5) is 0 Å². The van der Waals surface area contributed by atoms with Crippen LogP contribution in [-0.4, -0.2) is 86.2 Å². The van der Waals surface area contributed by atoms with E-state index in [0.717, 1.165) is 6.54 Å². The number of piperazine rings is 1. The summed E-state index contributed by atoms with van der Waals surface area (Å²) in [6.45, 7) is 2.90. The standard InChI is InChI=1S/C20H29N3O4/c1-21(2)10-9-20(26)23-13-11-22(12-14-23)19(25)8-7-18(24)16-5-4-6-17(15-16)27-3/h4-6,15H,7-14H2,1-3H3. The van der Waals surface area contributed by atoms with Gasteiger partial charge in [-0.3, -0.25) is 14.4 Å². The Morgan fingerprint density at radius 1 is 0.963 bits per heavy atom. The number of benzene rings is 1. The Bertz CT molecular complexity index is 667. The molecule has 1 aliphatic rings. The lowest BCUT2D eigenvalue weighted by Crippen LogP contribution is -2.50. The maximum Gasteiger partial charge on any atom is 0.223 e. The van der Waals surface area contributed by atoms with Gasteiger partial charge in [-0.05, 0) is 26.2 Å². The van der Waals surface area contributed by atoms with Crippen LogP contribution in [0.25, 0.3) is 0 Å². The largest absolute Gasteiger partial charge is 0.497 e. The van der Waals surface area contributed by atoms with E-state index in [9.17, 15) is 14.4 Å². The molecule has 0 unspecified atom stereocenters. The monoisotopic (exact) mass is 375 g/mol. The summed E-state index contributed by atoms with van der Waals surface area (Å²) >= 11 is 0. The van der Waals surface area contributed by atoms with Crippen LogP contribution >= 0.6 is 0 Å². The summed E-state index contributed by atoms with van der Waals surface area (Å²) in [7, 11) is 5.44. The fourth-order valence-corrected chi connectivity index (χ4v) is 3.00. The van der Waals surface area contributed by atoms with Gasteiger partial charge in [0.05, 0.1) is 7.11 Å². The van der Waals surface area contributed by atoms with Gasteiger partial charge in [0.2, 0.25) is 11.8 Å². The summed E-state index contributed by atoms with van der Waals surface area (Å²) < 4.78 is 5.12. The van der Waals surface area contributed by atoms with Gasteiger partial charge in [0, 0.05) is 57.5 Å². The van der Waals surface area contributed by atoms with Crippen molar-refractivity contribution in [3.63, 3.8) is 0 Å². The fourth-order valence-electron chi connectivity index (χ4n) is 3.00. The van der Waals surface area contributed by atoms with E-state index in [1.54, 1.807) is 36.3 Å². The van der Waals surface area contributed by atoms with Gasteiger partial charge < -0.3 is 19.4 Å². The first kappa shape index (κ1) is 20.9. The van der Waals surface area contributed by atoms with Crippen LogP contribution in [0.3, 0.4) is 0 Å². The lowest BCUT2D eigenvalue weighted by molar-refractivity contribution is -0.139. The molecule has 1 aliphatic heterocycles. The van der Waals surface area contributed by atoms with E-state index in [-0.39, 0.29) is 30.4 Å². The highest BCUT2D eigenvalue weighted by molar-refractivity contribution is 5.98. The second-order valence-corrected chi connectivity index (χ2v) is 6.97. The summed E-state index contributed by atoms with van der Waals surface area (Å²) in [6.07, 6.45) is 0.856. The van der Waals surface area contributed by atoms with E-state index in [0.29, 0.717) is 43.9 Å². The molecule has 27 heavy (non-hydrogen) atoms. The van der Waals surface area contributed by atoms with E-state index >= 15 is 0 Å². The zero-order valence-electron chi connectivity index (χ0n) is 16.4.